The van der Waals surface area contributed by atoms with Gasteiger partial charge in [-0.05, 0) is 42.0 Å². The largest absolute Gasteiger partial charge is 0.489 e. The molecule has 8 nitrogen and oxygen atoms in total. The van der Waals surface area contributed by atoms with Gasteiger partial charge in [-0.2, -0.15) is 22.0 Å². The summed E-state index contributed by atoms with van der Waals surface area (Å²) in [7, 11) is -2.84. The number of aromatic nitrogens is 1. The zero-order valence-corrected chi connectivity index (χ0v) is 23.3. The molecule has 3 aromatic rings. The minimum absolute atomic E-state index is 0.176. The van der Waals surface area contributed by atoms with Crippen LogP contribution in [0.1, 0.15) is 34.1 Å². The van der Waals surface area contributed by atoms with Gasteiger partial charge < -0.3 is 19.7 Å². The number of nitrogens with zero attached hydrogens (tertiary/aromatic N) is 2. The number of rotatable bonds is 11. The van der Waals surface area contributed by atoms with Crippen molar-refractivity contribution < 1.29 is 40.4 Å². The lowest BCUT2D eigenvalue weighted by atomic mass is 10.2. The summed E-state index contributed by atoms with van der Waals surface area (Å²) in [6.45, 7) is -1.29. The average molecular weight is 619 g/mol. The molecule has 0 radical (unpaired) electrons. The summed E-state index contributed by atoms with van der Waals surface area (Å²) in [5.41, 5.74) is -0.0771. The van der Waals surface area contributed by atoms with E-state index in [1.54, 1.807) is 36.1 Å². The maximum atomic E-state index is 12.9. The Labute approximate surface area is 237 Å². The van der Waals surface area contributed by atoms with Gasteiger partial charge in [0, 0.05) is 23.6 Å². The van der Waals surface area contributed by atoms with Crippen LogP contribution < -0.4 is 15.0 Å². The molecular formula is C26H27F5N4O4S2. The molecule has 1 aromatic heterocycles. The van der Waals surface area contributed by atoms with Crippen LogP contribution in [-0.4, -0.2) is 52.8 Å². The fraction of sp³-hybridized carbons (Fsp3) is 0.385. The van der Waals surface area contributed by atoms with Crippen LogP contribution in [0.4, 0.5) is 27.1 Å². The van der Waals surface area contributed by atoms with Crippen molar-refractivity contribution in [3.8, 4) is 5.75 Å². The van der Waals surface area contributed by atoms with Gasteiger partial charge in [0.1, 0.15) is 16.7 Å². The van der Waals surface area contributed by atoms with Crippen LogP contribution >= 0.6 is 11.3 Å². The fourth-order valence-electron chi connectivity index (χ4n) is 4.22. The summed E-state index contributed by atoms with van der Waals surface area (Å²) in [4.78, 5) is 19.4. The predicted octanol–water partition coefficient (Wildman–Crippen LogP) is 5.78. The molecule has 3 atom stereocenters. The highest BCUT2D eigenvalue weighted by molar-refractivity contribution is 7.92. The number of anilines is 1. The molecule has 2 N–H and O–H groups in total. The van der Waals surface area contributed by atoms with E-state index >= 15 is 0 Å². The molecule has 0 aliphatic carbocycles. The second kappa shape index (κ2) is 12.7. The molecule has 1 aliphatic heterocycles. The summed E-state index contributed by atoms with van der Waals surface area (Å²) in [5, 5.41) is 3.15. The Kier molecular flexibility index (Phi) is 9.49. The maximum absolute atomic E-state index is 12.9. The second-order valence-electron chi connectivity index (χ2n) is 9.20. The standard InChI is InChI=1S/C26H27F5N4O4S2/c1-2-41(32,37)21-9-3-16(4-10-21)12-33-23(36)22-13-34-25(40-22)35-14-20(11-18(35)15-38-24(27)28)39-19-7-5-17(6-8-19)26(29,30)31/h3-10,13,18,20,24,32H,2,11-12,14-15H2,1H3,(H,33,36)/t18-,20-,41?/m0/s1. The zero-order valence-electron chi connectivity index (χ0n) is 21.7. The molecule has 4 rings (SSSR count). The number of thiazole rings is 1. The van der Waals surface area contributed by atoms with Gasteiger partial charge in [-0.15, -0.1) is 0 Å². The van der Waals surface area contributed by atoms with Crippen molar-refractivity contribution in [3.05, 3.63) is 70.7 Å². The van der Waals surface area contributed by atoms with Gasteiger partial charge in [0.25, 0.3) is 5.91 Å². The Morgan fingerprint density at radius 1 is 1.20 bits per heavy atom. The van der Waals surface area contributed by atoms with Crippen molar-refractivity contribution in [1.82, 2.24) is 10.3 Å². The maximum Gasteiger partial charge on any atom is 0.416 e. The van der Waals surface area contributed by atoms with E-state index < -0.39 is 46.1 Å². The zero-order chi connectivity index (χ0) is 29.8. The molecule has 222 valence electrons. The highest BCUT2D eigenvalue weighted by Gasteiger charge is 2.36. The summed E-state index contributed by atoms with van der Waals surface area (Å²) in [5.74, 6) is -0.0107. The summed E-state index contributed by atoms with van der Waals surface area (Å²) < 4.78 is 94.5. The molecule has 1 unspecified atom stereocenters. The number of benzene rings is 2. The fourth-order valence-corrected chi connectivity index (χ4v) is 6.04. The molecule has 1 fully saturated rings. The predicted molar refractivity (Wildman–Crippen MR) is 143 cm³/mol. The quantitative estimate of drug-likeness (QED) is 0.264. The van der Waals surface area contributed by atoms with E-state index in [0.717, 1.165) is 29.0 Å². The smallest absolute Gasteiger partial charge is 0.416 e. The third kappa shape index (κ3) is 7.92. The molecule has 1 aliphatic rings. The van der Waals surface area contributed by atoms with Crippen molar-refractivity contribution >= 4 is 32.1 Å². The number of hydrogen-bond donors (Lipinski definition) is 2. The molecule has 41 heavy (non-hydrogen) atoms. The number of carbonyl (C=O) groups is 1. The number of carbonyl (C=O) groups excluding carboxylic acids is 1. The first-order chi connectivity index (χ1) is 19.4. The number of hydrogen-bond acceptors (Lipinski definition) is 8. The molecule has 1 amide bonds. The Bertz CT molecular complexity index is 1430. The Morgan fingerprint density at radius 2 is 1.88 bits per heavy atom. The van der Waals surface area contributed by atoms with E-state index in [-0.39, 0.29) is 42.5 Å². The lowest BCUT2D eigenvalue weighted by Crippen LogP contribution is -2.34. The molecule has 0 spiro atoms. The Balaban J connectivity index is 1.40. The molecule has 15 heteroatoms. The normalized spacial score (nSPS) is 18.9. The molecule has 1 saturated heterocycles. The van der Waals surface area contributed by atoms with Crippen LogP contribution in [0.2, 0.25) is 0 Å². The van der Waals surface area contributed by atoms with Crippen LogP contribution in [0.5, 0.6) is 5.75 Å². The molecular weight excluding hydrogens is 591 g/mol. The first kappa shape index (κ1) is 30.7. The molecule has 0 bridgehead atoms. The molecule has 2 aromatic carbocycles. The summed E-state index contributed by atoms with van der Waals surface area (Å²) >= 11 is 1.05. The van der Waals surface area contributed by atoms with Gasteiger partial charge in [0.05, 0.1) is 40.7 Å². The third-order valence-electron chi connectivity index (χ3n) is 6.40. The Morgan fingerprint density at radius 3 is 2.49 bits per heavy atom. The minimum atomic E-state index is -4.48. The van der Waals surface area contributed by atoms with E-state index in [0.29, 0.717) is 10.0 Å². The summed E-state index contributed by atoms with van der Waals surface area (Å²) in [6.07, 6.45) is -3.42. The van der Waals surface area contributed by atoms with Gasteiger partial charge in [0.15, 0.2) is 5.13 Å². The number of nitrogens with one attached hydrogen (secondary N) is 2. The first-order valence-electron chi connectivity index (χ1n) is 12.5. The van der Waals surface area contributed by atoms with Crippen LogP contribution in [0.15, 0.2) is 59.6 Å². The Hall–Kier alpha value is -3.30. The van der Waals surface area contributed by atoms with Crippen LogP contribution in [0.25, 0.3) is 0 Å². The van der Waals surface area contributed by atoms with E-state index in [9.17, 15) is 31.0 Å². The number of alkyl halides is 5. The van der Waals surface area contributed by atoms with Gasteiger partial charge in [-0.3, -0.25) is 4.79 Å². The second-order valence-corrected chi connectivity index (χ2v) is 12.6. The van der Waals surface area contributed by atoms with Gasteiger partial charge in [-0.25, -0.2) is 14.0 Å². The SMILES string of the molecule is CCS(=N)(=O)c1ccc(CNC(=O)c2cnc(N3C[C@@H](Oc4ccc(C(F)(F)F)cc4)C[C@H]3COC(F)F)s2)cc1. The van der Waals surface area contributed by atoms with Crippen LogP contribution in [0.3, 0.4) is 0 Å². The summed E-state index contributed by atoms with van der Waals surface area (Å²) in [6, 6.07) is 10.2. The lowest BCUT2D eigenvalue weighted by Gasteiger charge is -2.23. The third-order valence-corrected chi connectivity index (χ3v) is 9.28. The highest BCUT2D eigenvalue weighted by Crippen LogP contribution is 2.34. The average Bonchev–Trinajstić information content (AvgIpc) is 3.58. The van der Waals surface area contributed by atoms with Crippen LogP contribution in [-0.2, 0) is 27.2 Å². The van der Waals surface area contributed by atoms with Crippen molar-refractivity contribution in [3.63, 3.8) is 0 Å². The van der Waals surface area contributed by atoms with E-state index in [2.05, 4.69) is 15.0 Å². The minimum Gasteiger partial charge on any atom is -0.489 e. The molecule has 0 saturated carbocycles. The van der Waals surface area contributed by atoms with Gasteiger partial charge >= 0.3 is 12.8 Å². The van der Waals surface area contributed by atoms with Crippen molar-refractivity contribution in [2.75, 3.05) is 23.8 Å². The van der Waals surface area contributed by atoms with E-state index in [1.807, 2.05) is 0 Å². The van der Waals surface area contributed by atoms with Gasteiger partial charge in [-0.1, -0.05) is 30.4 Å². The first-order valence-corrected chi connectivity index (χ1v) is 15.0. The lowest BCUT2D eigenvalue weighted by molar-refractivity contribution is -0.137. The van der Waals surface area contributed by atoms with Crippen molar-refractivity contribution in [1.29, 1.82) is 4.78 Å². The highest BCUT2D eigenvalue weighted by atomic mass is 32.2. The number of amides is 1. The van der Waals surface area contributed by atoms with Crippen LogP contribution in [0, 0.1) is 4.78 Å². The number of ether oxygens (including phenoxy) is 2. The van der Waals surface area contributed by atoms with E-state index in [4.69, 9.17) is 9.52 Å². The topological polar surface area (TPSA) is 105 Å². The van der Waals surface area contributed by atoms with Gasteiger partial charge in [0.2, 0.25) is 0 Å². The monoisotopic (exact) mass is 618 g/mol. The van der Waals surface area contributed by atoms with E-state index in [1.165, 1.54) is 18.3 Å². The molecule has 2 heterocycles. The number of halogens is 5. The van der Waals surface area contributed by atoms with Crippen molar-refractivity contribution in [2.24, 2.45) is 0 Å². The van der Waals surface area contributed by atoms with Crippen molar-refractivity contribution in [2.45, 2.75) is 49.7 Å².